The highest BCUT2D eigenvalue weighted by Crippen LogP contribution is 2.22. The van der Waals surface area contributed by atoms with Crippen LogP contribution in [0.1, 0.15) is 0 Å². The van der Waals surface area contributed by atoms with Crippen LogP contribution in [0.3, 0.4) is 0 Å². The molecular formula is C9H7N3S. The summed E-state index contributed by atoms with van der Waals surface area (Å²) in [6.07, 6.45) is 3.53. The lowest BCUT2D eigenvalue weighted by Crippen LogP contribution is -1.95. The highest BCUT2D eigenvalue weighted by molar-refractivity contribution is 7.13. The molecule has 4 heteroatoms. The summed E-state index contributed by atoms with van der Waals surface area (Å²) in [6, 6.07) is 6.08. The second kappa shape index (κ2) is 3.42. The molecule has 0 fully saturated rings. The lowest BCUT2D eigenvalue weighted by molar-refractivity contribution is 0.843. The van der Waals surface area contributed by atoms with Crippen molar-refractivity contribution in [3.63, 3.8) is 0 Å². The van der Waals surface area contributed by atoms with Gasteiger partial charge in [-0.15, -0.1) is 11.3 Å². The first-order chi connectivity index (χ1) is 6.42. The third-order valence-electron chi connectivity index (χ3n) is 1.70. The van der Waals surface area contributed by atoms with Crippen LogP contribution >= 0.6 is 11.3 Å². The van der Waals surface area contributed by atoms with Crippen molar-refractivity contribution in [2.75, 3.05) is 0 Å². The van der Waals surface area contributed by atoms with E-state index in [1.807, 2.05) is 28.3 Å². The summed E-state index contributed by atoms with van der Waals surface area (Å²) in [5, 5.41) is 10.6. The molecule has 0 aliphatic rings. The average Bonchev–Trinajstić information content (AvgIpc) is 2.71. The number of imidazole rings is 1. The molecule has 2 aromatic rings. The molecule has 0 spiro atoms. The summed E-state index contributed by atoms with van der Waals surface area (Å²) in [4.78, 5) is 5.30. The highest BCUT2D eigenvalue weighted by Gasteiger charge is 2.05. The maximum absolute atomic E-state index is 8.56. The molecule has 0 amide bonds. The Kier molecular flexibility index (Phi) is 2.11. The SMILES string of the molecule is N#CCn1ccnc1-c1cccs1. The molecule has 0 radical (unpaired) electrons. The molecule has 0 unspecified atom stereocenters. The maximum Gasteiger partial charge on any atom is 0.150 e. The van der Waals surface area contributed by atoms with Crippen LogP contribution in [0.4, 0.5) is 0 Å². The number of nitrogens with zero attached hydrogens (tertiary/aromatic N) is 3. The molecule has 2 rings (SSSR count). The van der Waals surface area contributed by atoms with Crippen molar-refractivity contribution in [1.82, 2.24) is 9.55 Å². The van der Waals surface area contributed by atoms with E-state index in [9.17, 15) is 0 Å². The number of nitriles is 1. The first-order valence-corrected chi connectivity index (χ1v) is 4.72. The van der Waals surface area contributed by atoms with E-state index in [0.717, 1.165) is 10.7 Å². The Morgan fingerprint density at radius 3 is 3.23 bits per heavy atom. The third kappa shape index (κ3) is 1.46. The van der Waals surface area contributed by atoms with E-state index in [1.165, 1.54) is 0 Å². The first kappa shape index (κ1) is 8.02. The van der Waals surface area contributed by atoms with Crippen molar-refractivity contribution in [3.05, 3.63) is 29.9 Å². The molecule has 2 aromatic heterocycles. The van der Waals surface area contributed by atoms with Gasteiger partial charge in [0.2, 0.25) is 0 Å². The van der Waals surface area contributed by atoms with Crippen molar-refractivity contribution < 1.29 is 0 Å². The van der Waals surface area contributed by atoms with Crippen LogP contribution < -0.4 is 0 Å². The number of aromatic nitrogens is 2. The summed E-state index contributed by atoms with van der Waals surface area (Å²) in [6.45, 7) is 0.354. The predicted octanol–water partition coefficient (Wildman–Crippen LogP) is 2.14. The van der Waals surface area contributed by atoms with E-state index in [2.05, 4.69) is 11.1 Å². The summed E-state index contributed by atoms with van der Waals surface area (Å²) in [7, 11) is 0. The van der Waals surface area contributed by atoms with Gasteiger partial charge in [-0.2, -0.15) is 5.26 Å². The summed E-state index contributed by atoms with van der Waals surface area (Å²) < 4.78 is 1.84. The molecule has 0 aliphatic heterocycles. The minimum absolute atomic E-state index is 0.354. The molecule has 0 N–H and O–H groups in total. The van der Waals surface area contributed by atoms with E-state index in [1.54, 1.807) is 17.5 Å². The zero-order chi connectivity index (χ0) is 9.10. The summed E-state index contributed by atoms with van der Waals surface area (Å²) >= 11 is 1.63. The van der Waals surface area contributed by atoms with Crippen molar-refractivity contribution in [1.29, 1.82) is 5.26 Å². The second-order valence-corrected chi connectivity index (χ2v) is 3.46. The topological polar surface area (TPSA) is 41.6 Å². The molecule has 13 heavy (non-hydrogen) atoms. The fraction of sp³-hybridized carbons (Fsp3) is 0.111. The molecule has 0 atom stereocenters. The molecule has 0 aliphatic carbocycles. The average molecular weight is 189 g/mol. The zero-order valence-electron chi connectivity index (χ0n) is 6.84. The summed E-state index contributed by atoms with van der Waals surface area (Å²) in [5.74, 6) is 0.872. The lowest BCUT2D eigenvalue weighted by atomic mass is 10.4. The van der Waals surface area contributed by atoms with Gasteiger partial charge in [-0.05, 0) is 11.4 Å². The van der Waals surface area contributed by atoms with Gasteiger partial charge in [0.05, 0.1) is 10.9 Å². The van der Waals surface area contributed by atoms with Crippen molar-refractivity contribution >= 4 is 11.3 Å². The Morgan fingerprint density at radius 1 is 1.62 bits per heavy atom. The Balaban J connectivity index is 2.42. The Morgan fingerprint density at radius 2 is 2.54 bits per heavy atom. The Labute approximate surface area is 79.9 Å². The molecular weight excluding hydrogens is 182 g/mol. The van der Waals surface area contributed by atoms with Crippen molar-refractivity contribution in [2.24, 2.45) is 0 Å². The second-order valence-electron chi connectivity index (χ2n) is 2.51. The maximum atomic E-state index is 8.56. The first-order valence-electron chi connectivity index (χ1n) is 3.84. The molecule has 0 bridgehead atoms. The van der Waals surface area contributed by atoms with Gasteiger partial charge >= 0.3 is 0 Å². The van der Waals surface area contributed by atoms with Crippen LogP contribution in [0.2, 0.25) is 0 Å². The van der Waals surface area contributed by atoms with Gasteiger partial charge in [0, 0.05) is 12.4 Å². The predicted molar refractivity (Wildman–Crippen MR) is 51.2 cm³/mol. The lowest BCUT2D eigenvalue weighted by Gasteiger charge is -1.98. The molecule has 64 valence electrons. The van der Waals surface area contributed by atoms with E-state index in [-0.39, 0.29) is 0 Å². The fourth-order valence-corrected chi connectivity index (χ4v) is 1.88. The molecule has 0 saturated heterocycles. The normalized spacial score (nSPS) is 9.77. The standard InChI is InChI=1S/C9H7N3S/c10-3-5-12-6-4-11-9(12)8-2-1-7-13-8/h1-2,4,6-7H,5H2. The van der Waals surface area contributed by atoms with E-state index >= 15 is 0 Å². The van der Waals surface area contributed by atoms with Gasteiger partial charge in [-0.25, -0.2) is 4.98 Å². The van der Waals surface area contributed by atoms with Crippen molar-refractivity contribution in [2.45, 2.75) is 6.54 Å². The Bertz CT molecular complexity index is 422. The smallest absolute Gasteiger partial charge is 0.150 e. The van der Waals surface area contributed by atoms with Gasteiger partial charge < -0.3 is 4.57 Å². The third-order valence-corrected chi connectivity index (χ3v) is 2.56. The van der Waals surface area contributed by atoms with Crippen LogP contribution in [0.15, 0.2) is 29.9 Å². The molecule has 0 saturated carbocycles. The molecule has 0 aromatic carbocycles. The summed E-state index contributed by atoms with van der Waals surface area (Å²) in [5.41, 5.74) is 0. The van der Waals surface area contributed by atoms with Crippen LogP contribution in [0, 0.1) is 11.3 Å². The minimum atomic E-state index is 0.354. The zero-order valence-corrected chi connectivity index (χ0v) is 7.66. The number of thiophene rings is 1. The quantitative estimate of drug-likeness (QED) is 0.726. The van der Waals surface area contributed by atoms with Gasteiger partial charge in [-0.1, -0.05) is 6.07 Å². The van der Waals surface area contributed by atoms with Crippen LogP contribution in [0.25, 0.3) is 10.7 Å². The van der Waals surface area contributed by atoms with E-state index < -0.39 is 0 Å². The van der Waals surface area contributed by atoms with Gasteiger partial charge in [0.15, 0.2) is 5.82 Å². The van der Waals surface area contributed by atoms with Crippen LogP contribution in [-0.4, -0.2) is 9.55 Å². The van der Waals surface area contributed by atoms with Crippen LogP contribution in [-0.2, 0) is 6.54 Å². The van der Waals surface area contributed by atoms with E-state index in [0.29, 0.717) is 6.54 Å². The molecule has 3 nitrogen and oxygen atoms in total. The largest absolute Gasteiger partial charge is 0.316 e. The number of hydrogen-bond acceptors (Lipinski definition) is 3. The minimum Gasteiger partial charge on any atom is -0.316 e. The number of hydrogen-bond donors (Lipinski definition) is 0. The fourth-order valence-electron chi connectivity index (χ4n) is 1.14. The van der Waals surface area contributed by atoms with Gasteiger partial charge in [0.25, 0.3) is 0 Å². The van der Waals surface area contributed by atoms with E-state index in [4.69, 9.17) is 5.26 Å². The monoisotopic (exact) mass is 189 g/mol. The van der Waals surface area contributed by atoms with Gasteiger partial charge in [0.1, 0.15) is 6.54 Å². The molecule has 2 heterocycles. The van der Waals surface area contributed by atoms with Crippen LogP contribution in [0.5, 0.6) is 0 Å². The van der Waals surface area contributed by atoms with Crippen molar-refractivity contribution in [3.8, 4) is 16.8 Å². The highest BCUT2D eigenvalue weighted by atomic mass is 32.1. The Hall–Kier alpha value is -1.60. The number of rotatable bonds is 2. The van der Waals surface area contributed by atoms with Gasteiger partial charge in [-0.3, -0.25) is 0 Å².